The highest BCUT2D eigenvalue weighted by Crippen LogP contribution is 2.27. The fourth-order valence-corrected chi connectivity index (χ4v) is 5.19. The predicted molar refractivity (Wildman–Crippen MR) is 149 cm³/mol. The molecule has 4 heterocycles. The second-order valence-corrected chi connectivity index (χ2v) is 10.3. The average Bonchev–Trinajstić information content (AvgIpc) is 3.55. The zero-order valence-electron chi connectivity index (χ0n) is 22.0. The number of hydrogen-bond donors (Lipinski definition) is 3. The molecule has 2 aromatic heterocycles. The van der Waals surface area contributed by atoms with E-state index in [2.05, 4.69) is 60.4 Å². The summed E-state index contributed by atoms with van der Waals surface area (Å²) in [6.07, 6.45) is 1.63. The Morgan fingerprint density at radius 3 is 2.68 bits per heavy atom. The van der Waals surface area contributed by atoms with Crippen LogP contribution in [0.3, 0.4) is 0 Å². The zero-order valence-corrected chi connectivity index (χ0v) is 22.0. The minimum Gasteiger partial charge on any atom is -0.379 e. The summed E-state index contributed by atoms with van der Waals surface area (Å²) in [5, 5.41) is 10.2. The van der Waals surface area contributed by atoms with E-state index in [4.69, 9.17) is 9.72 Å². The average molecular weight is 515 g/mol. The van der Waals surface area contributed by atoms with Gasteiger partial charge in [-0.15, -0.1) is 0 Å². The molecule has 1 amide bonds. The molecule has 38 heavy (non-hydrogen) atoms. The molecule has 4 aromatic rings. The first-order valence-electron chi connectivity index (χ1n) is 13.2. The number of H-pyrrole nitrogens is 2. The summed E-state index contributed by atoms with van der Waals surface area (Å²) in [5.41, 5.74) is 7.06. The molecule has 0 bridgehead atoms. The van der Waals surface area contributed by atoms with Gasteiger partial charge in [0.05, 0.1) is 36.1 Å². The molecule has 3 N–H and O–H groups in total. The van der Waals surface area contributed by atoms with Crippen LogP contribution in [0.2, 0.25) is 0 Å². The number of hydrogen-bond acceptors (Lipinski definition) is 7. The Hall–Kier alpha value is -3.73. The van der Waals surface area contributed by atoms with E-state index in [1.165, 1.54) is 5.56 Å². The first-order valence-corrected chi connectivity index (χ1v) is 13.2. The predicted octanol–water partition coefficient (Wildman–Crippen LogP) is 3.10. The number of amides is 1. The van der Waals surface area contributed by atoms with E-state index in [9.17, 15) is 4.79 Å². The lowest BCUT2D eigenvalue weighted by Gasteiger charge is -2.34. The molecule has 2 aromatic carbocycles. The van der Waals surface area contributed by atoms with Gasteiger partial charge in [0.2, 0.25) is 0 Å². The van der Waals surface area contributed by atoms with Crippen LogP contribution in [0, 0.1) is 6.92 Å². The van der Waals surface area contributed by atoms with E-state index in [-0.39, 0.29) is 5.91 Å². The van der Waals surface area contributed by atoms with Gasteiger partial charge in [-0.1, -0.05) is 6.07 Å². The molecule has 0 atom stereocenters. The van der Waals surface area contributed by atoms with Gasteiger partial charge in [0.15, 0.2) is 5.82 Å². The lowest BCUT2D eigenvalue weighted by Crippen LogP contribution is -2.44. The normalized spacial score (nSPS) is 17.3. The van der Waals surface area contributed by atoms with Crippen molar-refractivity contribution < 1.29 is 9.53 Å². The molecule has 0 saturated carbocycles. The maximum absolute atomic E-state index is 13.3. The van der Waals surface area contributed by atoms with E-state index in [1.807, 2.05) is 25.1 Å². The van der Waals surface area contributed by atoms with Gasteiger partial charge in [-0.2, -0.15) is 5.10 Å². The molecular formula is C28H34N8O2. The topological polar surface area (TPSA) is 105 Å². The number of carbonyl (C=O) groups is 1. The van der Waals surface area contributed by atoms with Crippen LogP contribution in [0.5, 0.6) is 0 Å². The molecule has 2 saturated heterocycles. The summed E-state index contributed by atoms with van der Waals surface area (Å²) in [6, 6.07) is 12.3. The number of ether oxygens (including phenoxy) is 1. The highest BCUT2D eigenvalue weighted by atomic mass is 16.5. The summed E-state index contributed by atoms with van der Waals surface area (Å²) in [6.45, 7) is 10.3. The summed E-state index contributed by atoms with van der Waals surface area (Å²) >= 11 is 0. The van der Waals surface area contributed by atoms with Gasteiger partial charge < -0.3 is 24.8 Å². The molecule has 6 rings (SSSR count). The number of rotatable bonds is 6. The Balaban J connectivity index is 1.20. The number of aromatic nitrogens is 4. The number of aryl methyl sites for hydroxylation is 1. The zero-order chi connectivity index (χ0) is 26.1. The van der Waals surface area contributed by atoms with Gasteiger partial charge in [0, 0.05) is 57.1 Å². The molecule has 2 aliphatic heterocycles. The Bertz CT molecular complexity index is 1430. The maximum Gasteiger partial charge on any atom is 0.255 e. The lowest BCUT2D eigenvalue weighted by molar-refractivity contribution is 0.0342. The van der Waals surface area contributed by atoms with Crippen LogP contribution in [0.1, 0.15) is 21.5 Å². The van der Waals surface area contributed by atoms with Crippen LogP contribution in [0.15, 0.2) is 42.6 Å². The number of piperazine rings is 1. The number of likely N-dealkylation sites (N-methyl/N-ethyl adjacent to an activating group) is 1. The van der Waals surface area contributed by atoms with Crippen molar-refractivity contribution in [2.45, 2.75) is 13.5 Å². The van der Waals surface area contributed by atoms with Crippen LogP contribution < -0.4 is 10.2 Å². The Morgan fingerprint density at radius 2 is 1.87 bits per heavy atom. The van der Waals surface area contributed by atoms with E-state index in [1.54, 1.807) is 6.20 Å². The summed E-state index contributed by atoms with van der Waals surface area (Å²) in [7, 11) is 2.14. The highest BCUT2D eigenvalue weighted by molar-refractivity contribution is 6.06. The monoisotopic (exact) mass is 514 g/mol. The van der Waals surface area contributed by atoms with E-state index in [0.717, 1.165) is 81.3 Å². The van der Waals surface area contributed by atoms with Crippen molar-refractivity contribution in [3.8, 4) is 11.5 Å². The first kappa shape index (κ1) is 24.6. The number of benzene rings is 2. The number of morpholine rings is 1. The van der Waals surface area contributed by atoms with Crippen molar-refractivity contribution in [3.05, 3.63) is 59.3 Å². The molecule has 0 radical (unpaired) electrons. The fourth-order valence-electron chi connectivity index (χ4n) is 5.19. The van der Waals surface area contributed by atoms with E-state index < -0.39 is 0 Å². The second-order valence-electron chi connectivity index (χ2n) is 10.3. The highest BCUT2D eigenvalue weighted by Gasteiger charge is 2.19. The van der Waals surface area contributed by atoms with E-state index >= 15 is 0 Å². The Kier molecular flexibility index (Phi) is 6.84. The number of nitrogens with zero attached hydrogens (tertiary/aromatic N) is 5. The molecule has 2 fully saturated rings. The molecule has 10 heteroatoms. The lowest BCUT2D eigenvalue weighted by atomic mass is 10.1. The number of aromatic amines is 2. The van der Waals surface area contributed by atoms with Crippen LogP contribution in [0.25, 0.3) is 22.6 Å². The van der Waals surface area contributed by atoms with Crippen molar-refractivity contribution in [3.63, 3.8) is 0 Å². The molecule has 10 nitrogen and oxygen atoms in total. The number of imidazole rings is 1. The standard InChI is InChI=1S/C28H34N8O2/c1-19-13-21(16-22(14-19)36-7-5-34(2)6-8-36)28(37)32-25-17-29-33-26(25)27-30-23-4-3-20(15-24(23)31-27)18-35-9-11-38-12-10-35/h3-4,13-17H,5-12,18H2,1-2H3,(H,29,33)(H,30,31)(H,32,37). The van der Waals surface area contributed by atoms with Crippen molar-refractivity contribution in [1.82, 2.24) is 30.0 Å². The minimum atomic E-state index is -0.171. The quantitative estimate of drug-likeness (QED) is 0.363. The van der Waals surface area contributed by atoms with Gasteiger partial charge in [-0.25, -0.2) is 4.98 Å². The SMILES string of the molecule is Cc1cc(C(=O)Nc2cn[nH]c2-c2nc3ccc(CN4CCOCC4)cc3[nH]2)cc(N2CCN(C)CC2)c1. The van der Waals surface area contributed by atoms with Gasteiger partial charge in [-0.3, -0.25) is 14.8 Å². The largest absolute Gasteiger partial charge is 0.379 e. The summed E-state index contributed by atoms with van der Waals surface area (Å²) < 4.78 is 5.46. The molecular weight excluding hydrogens is 480 g/mol. The van der Waals surface area contributed by atoms with Crippen LogP contribution in [-0.4, -0.2) is 95.4 Å². The molecule has 0 spiro atoms. The van der Waals surface area contributed by atoms with Crippen molar-refractivity contribution in [2.75, 3.05) is 69.7 Å². The minimum absolute atomic E-state index is 0.171. The maximum atomic E-state index is 13.3. The van der Waals surface area contributed by atoms with Gasteiger partial charge in [0.1, 0.15) is 5.69 Å². The molecule has 0 unspecified atom stereocenters. The Morgan fingerprint density at radius 1 is 1.05 bits per heavy atom. The summed E-state index contributed by atoms with van der Waals surface area (Å²) in [5.74, 6) is 0.467. The second kappa shape index (κ2) is 10.6. The molecule has 2 aliphatic rings. The van der Waals surface area contributed by atoms with Gasteiger partial charge in [0.25, 0.3) is 5.91 Å². The number of fused-ring (bicyclic) bond motifs is 1. The number of anilines is 2. The Labute approximate surface area is 222 Å². The third-order valence-corrected chi connectivity index (χ3v) is 7.37. The fraction of sp³-hybridized carbons (Fsp3) is 0.393. The number of nitrogens with one attached hydrogen (secondary N) is 3. The van der Waals surface area contributed by atoms with Crippen molar-refractivity contribution in [2.24, 2.45) is 0 Å². The van der Waals surface area contributed by atoms with Gasteiger partial charge >= 0.3 is 0 Å². The molecule has 0 aliphatic carbocycles. The van der Waals surface area contributed by atoms with Crippen LogP contribution >= 0.6 is 0 Å². The number of carbonyl (C=O) groups excluding carboxylic acids is 1. The van der Waals surface area contributed by atoms with Crippen LogP contribution in [-0.2, 0) is 11.3 Å². The van der Waals surface area contributed by atoms with Crippen molar-refractivity contribution in [1.29, 1.82) is 0 Å². The van der Waals surface area contributed by atoms with Crippen LogP contribution in [0.4, 0.5) is 11.4 Å². The third kappa shape index (κ3) is 5.28. The van der Waals surface area contributed by atoms with E-state index in [0.29, 0.717) is 22.8 Å². The smallest absolute Gasteiger partial charge is 0.255 e. The van der Waals surface area contributed by atoms with Gasteiger partial charge in [-0.05, 0) is 55.4 Å². The first-order chi connectivity index (χ1) is 18.5. The summed E-state index contributed by atoms with van der Waals surface area (Å²) in [4.78, 5) is 28.5. The van der Waals surface area contributed by atoms with Crippen molar-refractivity contribution >= 4 is 28.3 Å². The molecule has 198 valence electrons. The third-order valence-electron chi connectivity index (χ3n) is 7.37.